The largest absolute Gasteiger partial charge is 0.473 e. The molecule has 21 heavy (non-hydrogen) atoms. The highest BCUT2D eigenvalue weighted by Crippen LogP contribution is 2.18. The van der Waals surface area contributed by atoms with Gasteiger partial charge in [-0.15, -0.1) is 0 Å². The lowest BCUT2D eigenvalue weighted by Gasteiger charge is -2.11. The van der Waals surface area contributed by atoms with Gasteiger partial charge in [-0.1, -0.05) is 17.7 Å². The number of ether oxygens (including phenoxy) is 1. The lowest BCUT2D eigenvalue weighted by atomic mass is 10.1. The molecule has 1 heterocycles. The van der Waals surface area contributed by atoms with Crippen molar-refractivity contribution < 1.29 is 9.53 Å². The van der Waals surface area contributed by atoms with Gasteiger partial charge in [0.1, 0.15) is 11.6 Å². The molecule has 2 aromatic rings. The highest BCUT2D eigenvalue weighted by molar-refractivity contribution is 9.10. The fraction of sp³-hybridized carbons (Fsp3) is 0.200. The minimum Gasteiger partial charge on any atom is -0.473 e. The van der Waals surface area contributed by atoms with E-state index in [4.69, 9.17) is 4.74 Å². The molecule has 110 valence electrons. The quantitative estimate of drug-likeness (QED) is 0.828. The van der Waals surface area contributed by atoms with Gasteiger partial charge in [0, 0.05) is 10.7 Å². The zero-order valence-electron chi connectivity index (χ0n) is 11.8. The maximum Gasteiger partial charge on any atom is 0.323 e. The molecular formula is C15H16BrN3O2. The van der Waals surface area contributed by atoms with Crippen LogP contribution in [0.3, 0.4) is 0 Å². The number of halogens is 1. The number of hydrogen-bond donors (Lipinski definition) is 2. The number of benzene rings is 1. The summed E-state index contributed by atoms with van der Waals surface area (Å²) < 4.78 is 6.37. The highest BCUT2D eigenvalue weighted by atomic mass is 79.9. The van der Waals surface area contributed by atoms with Gasteiger partial charge in [-0.2, -0.15) is 0 Å². The first-order valence-corrected chi connectivity index (χ1v) is 7.20. The van der Waals surface area contributed by atoms with Crippen molar-refractivity contribution in [2.24, 2.45) is 0 Å². The maximum atomic E-state index is 11.7. The Labute approximate surface area is 131 Å². The van der Waals surface area contributed by atoms with Gasteiger partial charge >= 0.3 is 6.03 Å². The second-order valence-electron chi connectivity index (χ2n) is 4.55. The van der Waals surface area contributed by atoms with Crippen LogP contribution in [0.4, 0.5) is 10.6 Å². The normalized spacial score (nSPS) is 10.0. The molecule has 6 heteroatoms. The van der Waals surface area contributed by atoms with Gasteiger partial charge in [-0.3, -0.25) is 5.32 Å². The van der Waals surface area contributed by atoms with Gasteiger partial charge < -0.3 is 10.1 Å². The van der Waals surface area contributed by atoms with Crippen LogP contribution in [-0.2, 0) is 0 Å². The van der Waals surface area contributed by atoms with E-state index in [9.17, 15) is 4.79 Å². The van der Waals surface area contributed by atoms with E-state index in [1.165, 1.54) is 5.56 Å². The molecule has 0 aliphatic rings. The van der Waals surface area contributed by atoms with E-state index in [0.717, 1.165) is 15.8 Å². The smallest absolute Gasteiger partial charge is 0.323 e. The molecule has 0 saturated carbocycles. The van der Waals surface area contributed by atoms with Gasteiger partial charge in [0.25, 0.3) is 0 Å². The Morgan fingerprint density at radius 3 is 2.76 bits per heavy atom. The predicted octanol–water partition coefficient (Wildman–Crippen LogP) is 3.62. The molecule has 0 atom stereocenters. The van der Waals surface area contributed by atoms with Gasteiger partial charge in [0.2, 0.25) is 0 Å². The molecule has 5 nitrogen and oxygen atoms in total. The van der Waals surface area contributed by atoms with Gasteiger partial charge in [0.15, 0.2) is 6.73 Å². The highest BCUT2D eigenvalue weighted by Gasteiger charge is 2.03. The minimum atomic E-state index is -0.366. The number of amides is 2. The molecule has 2 N–H and O–H groups in total. The third-order valence-corrected chi connectivity index (χ3v) is 3.23. The number of hydrogen-bond acceptors (Lipinski definition) is 3. The summed E-state index contributed by atoms with van der Waals surface area (Å²) in [4.78, 5) is 15.7. The van der Waals surface area contributed by atoms with Crippen molar-refractivity contribution in [2.45, 2.75) is 13.8 Å². The van der Waals surface area contributed by atoms with Crippen LogP contribution < -0.4 is 15.4 Å². The molecule has 1 aromatic carbocycles. The standard InChI is InChI=1S/C15H16BrN3O2/c1-10-3-5-13(11(2)7-10)21-9-18-15(20)19-14-6-4-12(16)8-17-14/h3-8H,9H2,1-2H3,(H2,17,18,19,20). The van der Waals surface area contributed by atoms with E-state index < -0.39 is 0 Å². The number of carbonyl (C=O) groups is 1. The van der Waals surface area contributed by atoms with Crippen molar-refractivity contribution in [2.75, 3.05) is 12.0 Å². The van der Waals surface area contributed by atoms with Gasteiger partial charge in [0.05, 0.1) is 0 Å². The predicted molar refractivity (Wildman–Crippen MR) is 85.5 cm³/mol. The van der Waals surface area contributed by atoms with Crippen LogP contribution in [0.25, 0.3) is 0 Å². The van der Waals surface area contributed by atoms with Crippen LogP contribution in [-0.4, -0.2) is 17.7 Å². The lowest BCUT2D eigenvalue weighted by molar-refractivity contribution is 0.234. The van der Waals surface area contributed by atoms with Crippen LogP contribution in [0.15, 0.2) is 41.0 Å². The summed E-state index contributed by atoms with van der Waals surface area (Å²) in [7, 11) is 0. The second kappa shape index (κ2) is 7.08. The summed E-state index contributed by atoms with van der Waals surface area (Å²) in [5, 5.41) is 5.23. The number of urea groups is 1. The lowest BCUT2D eigenvalue weighted by Crippen LogP contribution is -2.32. The average Bonchev–Trinajstić information content (AvgIpc) is 2.44. The zero-order valence-corrected chi connectivity index (χ0v) is 13.4. The fourth-order valence-corrected chi connectivity index (χ4v) is 1.99. The summed E-state index contributed by atoms with van der Waals surface area (Å²) in [6.07, 6.45) is 1.61. The Kier molecular flexibility index (Phi) is 5.16. The Bertz CT molecular complexity index is 629. The van der Waals surface area contributed by atoms with Crippen LogP contribution in [0, 0.1) is 13.8 Å². The molecule has 0 unspecified atom stereocenters. The first kappa shape index (κ1) is 15.3. The number of aromatic nitrogens is 1. The van der Waals surface area contributed by atoms with Gasteiger partial charge in [-0.05, 0) is 53.5 Å². The van der Waals surface area contributed by atoms with Crippen LogP contribution >= 0.6 is 15.9 Å². The monoisotopic (exact) mass is 349 g/mol. The topological polar surface area (TPSA) is 63.2 Å². The second-order valence-corrected chi connectivity index (χ2v) is 5.47. The number of anilines is 1. The van der Waals surface area contributed by atoms with E-state index >= 15 is 0 Å². The van der Waals surface area contributed by atoms with Crippen molar-refractivity contribution >= 4 is 27.8 Å². The maximum absolute atomic E-state index is 11.7. The van der Waals surface area contributed by atoms with Crippen LogP contribution in [0.2, 0.25) is 0 Å². The SMILES string of the molecule is Cc1ccc(OCNC(=O)Nc2ccc(Br)cn2)c(C)c1. The summed E-state index contributed by atoms with van der Waals surface area (Å²) in [6.45, 7) is 4.08. The number of carbonyl (C=O) groups excluding carboxylic acids is 1. The van der Waals surface area contributed by atoms with E-state index in [1.54, 1.807) is 18.3 Å². The molecule has 0 aliphatic heterocycles. The number of nitrogens with one attached hydrogen (secondary N) is 2. The van der Waals surface area contributed by atoms with Crippen LogP contribution in [0.1, 0.15) is 11.1 Å². The molecule has 0 radical (unpaired) electrons. The van der Waals surface area contributed by atoms with Crippen molar-refractivity contribution in [3.05, 3.63) is 52.1 Å². The first-order valence-electron chi connectivity index (χ1n) is 6.41. The molecule has 0 fully saturated rings. The fourth-order valence-electron chi connectivity index (χ4n) is 1.75. The Morgan fingerprint density at radius 1 is 1.29 bits per heavy atom. The molecule has 1 aromatic heterocycles. The molecule has 2 rings (SSSR count). The number of aryl methyl sites for hydroxylation is 2. The van der Waals surface area contributed by atoms with Crippen LogP contribution in [0.5, 0.6) is 5.75 Å². The van der Waals surface area contributed by atoms with Gasteiger partial charge in [-0.25, -0.2) is 9.78 Å². The number of rotatable bonds is 4. The molecule has 0 bridgehead atoms. The summed E-state index contributed by atoms with van der Waals surface area (Å²) in [5.41, 5.74) is 2.21. The zero-order chi connectivity index (χ0) is 15.2. The Balaban J connectivity index is 1.80. The van der Waals surface area contributed by atoms with Crippen molar-refractivity contribution in [1.29, 1.82) is 0 Å². The van der Waals surface area contributed by atoms with Crippen molar-refractivity contribution in [3.8, 4) is 5.75 Å². The number of pyridine rings is 1. The summed E-state index contributed by atoms with van der Waals surface area (Å²) in [5.74, 6) is 1.23. The molecule has 0 saturated heterocycles. The van der Waals surface area contributed by atoms with E-state index in [0.29, 0.717) is 5.82 Å². The Morgan fingerprint density at radius 2 is 2.10 bits per heavy atom. The molecular weight excluding hydrogens is 334 g/mol. The molecule has 2 amide bonds. The van der Waals surface area contributed by atoms with Crippen molar-refractivity contribution in [1.82, 2.24) is 10.3 Å². The minimum absolute atomic E-state index is 0.0895. The Hall–Kier alpha value is -2.08. The summed E-state index contributed by atoms with van der Waals surface area (Å²) in [6, 6.07) is 9.02. The van der Waals surface area contributed by atoms with Crippen molar-refractivity contribution in [3.63, 3.8) is 0 Å². The third-order valence-electron chi connectivity index (χ3n) is 2.76. The summed E-state index contributed by atoms with van der Waals surface area (Å²) >= 11 is 3.28. The number of nitrogens with zero attached hydrogens (tertiary/aromatic N) is 1. The molecule has 0 spiro atoms. The third kappa shape index (κ3) is 4.75. The average molecular weight is 350 g/mol. The first-order chi connectivity index (χ1) is 10.0. The molecule has 0 aliphatic carbocycles. The van der Waals surface area contributed by atoms with E-state index in [2.05, 4.69) is 31.5 Å². The van der Waals surface area contributed by atoms with E-state index in [-0.39, 0.29) is 12.8 Å². The van der Waals surface area contributed by atoms with E-state index in [1.807, 2.05) is 32.0 Å².